The Hall–Kier alpha value is -1.06. The van der Waals surface area contributed by atoms with E-state index < -0.39 is 0 Å². The molecule has 118 valence electrons. The van der Waals surface area contributed by atoms with Gasteiger partial charge in [-0.05, 0) is 69.3 Å². The molecule has 0 radical (unpaired) electrons. The van der Waals surface area contributed by atoms with Crippen LogP contribution in [0.5, 0.6) is 5.75 Å². The second-order valence-corrected chi connectivity index (χ2v) is 6.17. The smallest absolute Gasteiger partial charge is 0.122 e. The predicted molar refractivity (Wildman–Crippen MR) is 87.1 cm³/mol. The average molecular weight is 291 g/mol. The van der Waals surface area contributed by atoms with Gasteiger partial charge >= 0.3 is 0 Å². The highest BCUT2D eigenvalue weighted by atomic mass is 16.5. The molecule has 1 aromatic carbocycles. The van der Waals surface area contributed by atoms with Gasteiger partial charge in [0.25, 0.3) is 0 Å². The summed E-state index contributed by atoms with van der Waals surface area (Å²) in [5.74, 6) is 0.964. The molecular weight excluding hydrogens is 262 g/mol. The Morgan fingerprint density at radius 2 is 2.05 bits per heavy atom. The monoisotopic (exact) mass is 291 g/mol. The SMILES string of the molecule is CCCNC(c1cc(C)c(OC)cc1C)C1CCC(C)O1. The summed E-state index contributed by atoms with van der Waals surface area (Å²) in [6.07, 6.45) is 4.07. The van der Waals surface area contributed by atoms with Crippen molar-refractivity contribution in [3.8, 4) is 5.75 Å². The Labute approximate surface area is 129 Å². The molecule has 1 aromatic rings. The lowest BCUT2D eigenvalue weighted by atomic mass is 9.93. The number of aryl methyl sites for hydroxylation is 2. The second kappa shape index (κ2) is 7.28. The lowest BCUT2D eigenvalue weighted by Gasteiger charge is -2.27. The van der Waals surface area contributed by atoms with Crippen LogP contribution in [0.3, 0.4) is 0 Å². The number of ether oxygens (including phenoxy) is 2. The molecule has 21 heavy (non-hydrogen) atoms. The summed E-state index contributed by atoms with van der Waals surface area (Å²) in [5.41, 5.74) is 3.81. The van der Waals surface area contributed by atoms with E-state index in [1.807, 2.05) is 0 Å². The molecule has 3 unspecified atom stereocenters. The van der Waals surface area contributed by atoms with E-state index >= 15 is 0 Å². The third-order valence-electron chi connectivity index (χ3n) is 4.37. The molecule has 3 heteroatoms. The molecule has 1 aliphatic rings. The van der Waals surface area contributed by atoms with E-state index in [9.17, 15) is 0 Å². The van der Waals surface area contributed by atoms with E-state index in [4.69, 9.17) is 9.47 Å². The van der Waals surface area contributed by atoms with Crippen molar-refractivity contribution in [3.63, 3.8) is 0 Å². The molecule has 1 saturated heterocycles. The molecular formula is C18H29NO2. The third kappa shape index (κ3) is 3.78. The second-order valence-electron chi connectivity index (χ2n) is 6.17. The normalized spacial score (nSPS) is 23.3. The largest absolute Gasteiger partial charge is 0.496 e. The van der Waals surface area contributed by atoms with Crippen molar-refractivity contribution in [3.05, 3.63) is 28.8 Å². The van der Waals surface area contributed by atoms with Crippen molar-refractivity contribution < 1.29 is 9.47 Å². The quantitative estimate of drug-likeness (QED) is 0.861. The van der Waals surface area contributed by atoms with Crippen LogP contribution in [-0.2, 0) is 4.74 Å². The maximum Gasteiger partial charge on any atom is 0.122 e. The Balaban J connectivity index is 2.29. The molecule has 0 aliphatic carbocycles. The molecule has 0 saturated carbocycles. The minimum Gasteiger partial charge on any atom is -0.496 e. The molecule has 1 fully saturated rings. The van der Waals surface area contributed by atoms with Crippen molar-refractivity contribution in [2.75, 3.05) is 13.7 Å². The molecule has 0 amide bonds. The van der Waals surface area contributed by atoms with Gasteiger partial charge in [0, 0.05) is 0 Å². The molecule has 0 spiro atoms. The van der Waals surface area contributed by atoms with Crippen LogP contribution in [0, 0.1) is 13.8 Å². The summed E-state index contributed by atoms with van der Waals surface area (Å²) < 4.78 is 11.6. The Bertz CT molecular complexity index is 473. The van der Waals surface area contributed by atoms with Crippen LogP contribution in [0.4, 0.5) is 0 Å². The lowest BCUT2D eigenvalue weighted by molar-refractivity contribution is 0.0314. The highest BCUT2D eigenvalue weighted by Crippen LogP contribution is 2.34. The number of nitrogens with one attached hydrogen (secondary N) is 1. The van der Waals surface area contributed by atoms with Crippen LogP contribution < -0.4 is 10.1 Å². The summed E-state index contributed by atoms with van der Waals surface area (Å²) in [6.45, 7) is 9.66. The summed E-state index contributed by atoms with van der Waals surface area (Å²) in [7, 11) is 1.73. The van der Waals surface area contributed by atoms with Crippen molar-refractivity contribution in [1.29, 1.82) is 0 Å². The van der Waals surface area contributed by atoms with Crippen LogP contribution in [0.2, 0.25) is 0 Å². The topological polar surface area (TPSA) is 30.5 Å². The average Bonchev–Trinajstić information content (AvgIpc) is 2.89. The van der Waals surface area contributed by atoms with Gasteiger partial charge in [-0.1, -0.05) is 13.0 Å². The zero-order valence-corrected chi connectivity index (χ0v) is 14.0. The van der Waals surface area contributed by atoms with Gasteiger partial charge in [-0.2, -0.15) is 0 Å². The van der Waals surface area contributed by atoms with Crippen LogP contribution in [0.15, 0.2) is 12.1 Å². The minimum atomic E-state index is 0.276. The molecule has 0 aromatic heterocycles. The molecule has 3 atom stereocenters. The first-order valence-corrected chi connectivity index (χ1v) is 8.10. The zero-order valence-electron chi connectivity index (χ0n) is 14.0. The highest BCUT2D eigenvalue weighted by molar-refractivity contribution is 5.43. The maximum absolute atomic E-state index is 6.13. The van der Waals surface area contributed by atoms with E-state index in [0.29, 0.717) is 6.10 Å². The van der Waals surface area contributed by atoms with Crippen molar-refractivity contribution in [1.82, 2.24) is 5.32 Å². The van der Waals surface area contributed by atoms with Gasteiger partial charge in [-0.15, -0.1) is 0 Å². The third-order valence-corrected chi connectivity index (χ3v) is 4.37. The predicted octanol–water partition coefficient (Wildman–Crippen LogP) is 3.92. The fourth-order valence-electron chi connectivity index (χ4n) is 3.19. The summed E-state index contributed by atoms with van der Waals surface area (Å²) >= 11 is 0. The van der Waals surface area contributed by atoms with Crippen LogP contribution in [-0.4, -0.2) is 25.9 Å². The highest BCUT2D eigenvalue weighted by Gasteiger charge is 2.31. The maximum atomic E-state index is 6.13. The standard InChI is InChI=1S/C18H29NO2/c1-6-9-19-18(16-8-7-14(4)21-16)15-10-13(3)17(20-5)11-12(15)2/h10-11,14,16,18-19H,6-9H2,1-5H3. The van der Waals surface area contributed by atoms with E-state index in [2.05, 4.69) is 45.1 Å². The Kier molecular flexibility index (Phi) is 5.65. The first-order valence-electron chi connectivity index (χ1n) is 8.10. The summed E-state index contributed by atoms with van der Waals surface area (Å²) in [5, 5.41) is 3.69. The molecule has 3 nitrogen and oxygen atoms in total. The lowest BCUT2D eigenvalue weighted by Crippen LogP contribution is -2.33. The first kappa shape index (κ1) is 16.3. The fourth-order valence-corrected chi connectivity index (χ4v) is 3.19. The molecule has 2 rings (SSSR count). The van der Waals surface area contributed by atoms with Gasteiger partial charge in [0.15, 0.2) is 0 Å². The molecule has 0 bridgehead atoms. The van der Waals surface area contributed by atoms with Crippen LogP contribution >= 0.6 is 0 Å². The fraction of sp³-hybridized carbons (Fsp3) is 0.667. The molecule has 1 N–H and O–H groups in total. The number of hydrogen-bond donors (Lipinski definition) is 1. The molecule has 1 aliphatic heterocycles. The van der Waals surface area contributed by atoms with Gasteiger partial charge in [0.2, 0.25) is 0 Å². The number of benzene rings is 1. The van der Waals surface area contributed by atoms with Crippen molar-refractivity contribution >= 4 is 0 Å². The number of hydrogen-bond acceptors (Lipinski definition) is 3. The first-order chi connectivity index (χ1) is 10.1. The van der Waals surface area contributed by atoms with E-state index in [1.54, 1.807) is 7.11 Å². The Morgan fingerprint density at radius 3 is 2.62 bits per heavy atom. The van der Waals surface area contributed by atoms with E-state index in [-0.39, 0.29) is 12.1 Å². The zero-order chi connectivity index (χ0) is 15.4. The summed E-state index contributed by atoms with van der Waals surface area (Å²) in [6, 6.07) is 4.68. The minimum absolute atomic E-state index is 0.276. The van der Waals surface area contributed by atoms with Gasteiger partial charge < -0.3 is 14.8 Å². The summed E-state index contributed by atoms with van der Waals surface area (Å²) in [4.78, 5) is 0. The van der Waals surface area contributed by atoms with Crippen molar-refractivity contribution in [2.24, 2.45) is 0 Å². The van der Waals surface area contributed by atoms with Gasteiger partial charge in [-0.3, -0.25) is 0 Å². The van der Waals surface area contributed by atoms with Crippen molar-refractivity contribution in [2.45, 2.75) is 65.2 Å². The van der Waals surface area contributed by atoms with E-state index in [1.165, 1.54) is 16.7 Å². The van der Waals surface area contributed by atoms with E-state index in [0.717, 1.165) is 31.6 Å². The number of rotatable bonds is 6. The van der Waals surface area contributed by atoms with Crippen LogP contribution in [0.1, 0.15) is 55.8 Å². The number of methoxy groups -OCH3 is 1. The van der Waals surface area contributed by atoms with Crippen LogP contribution in [0.25, 0.3) is 0 Å². The van der Waals surface area contributed by atoms with Gasteiger partial charge in [-0.25, -0.2) is 0 Å². The molecule has 1 heterocycles. The van der Waals surface area contributed by atoms with Gasteiger partial charge in [0.05, 0.1) is 25.4 Å². The Morgan fingerprint density at radius 1 is 1.29 bits per heavy atom. The van der Waals surface area contributed by atoms with Gasteiger partial charge in [0.1, 0.15) is 5.75 Å².